The highest BCUT2D eigenvalue weighted by atomic mass is 19.1. The van der Waals surface area contributed by atoms with Gasteiger partial charge in [0.2, 0.25) is 0 Å². The minimum Gasteiger partial charge on any atom is -0.480 e. The molecule has 3 aliphatic rings. The lowest BCUT2D eigenvalue weighted by Gasteiger charge is -2.35. The van der Waals surface area contributed by atoms with Crippen molar-refractivity contribution < 1.29 is 24.1 Å². The number of pyridine rings is 1. The summed E-state index contributed by atoms with van der Waals surface area (Å²) in [5.74, 6) is 0.156. The molecule has 1 aliphatic carbocycles. The number of aliphatic carboxylic acids is 1. The Morgan fingerprint density at radius 2 is 1.98 bits per heavy atom. The van der Waals surface area contributed by atoms with Gasteiger partial charge in [-0.1, -0.05) is 31.4 Å². The second-order valence-corrected chi connectivity index (χ2v) is 12.5. The minimum atomic E-state index is -0.738. The lowest BCUT2D eigenvalue weighted by molar-refractivity contribution is -0.737. The lowest BCUT2D eigenvalue weighted by atomic mass is 9.80. The van der Waals surface area contributed by atoms with E-state index >= 15 is 0 Å². The summed E-state index contributed by atoms with van der Waals surface area (Å²) >= 11 is 0. The predicted octanol–water partition coefficient (Wildman–Crippen LogP) is 5.29. The summed E-state index contributed by atoms with van der Waals surface area (Å²) in [5, 5.41) is 10.1. The Labute approximate surface area is 245 Å². The van der Waals surface area contributed by atoms with E-state index in [2.05, 4.69) is 14.8 Å². The van der Waals surface area contributed by atoms with Crippen LogP contribution in [0.25, 0.3) is 5.65 Å². The molecular formula is C32H41FN5O4+. The number of benzene rings is 1. The third-order valence-electron chi connectivity index (χ3n) is 9.97. The number of halogens is 1. The van der Waals surface area contributed by atoms with Crippen molar-refractivity contribution in [3.05, 3.63) is 70.3 Å². The highest BCUT2D eigenvalue weighted by molar-refractivity contribution is 5.73. The molecule has 1 aromatic carbocycles. The first kappa shape index (κ1) is 28.7. The van der Waals surface area contributed by atoms with Gasteiger partial charge in [-0.2, -0.15) is 0 Å². The maximum Gasteiger partial charge on any atom is 0.336 e. The van der Waals surface area contributed by atoms with E-state index in [1.807, 2.05) is 35.9 Å². The number of hydrogen-bond donors (Lipinski definition) is 1. The number of fused-ring (bicyclic) bond motifs is 1. The van der Waals surface area contributed by atoms with Crippen molar-refractivity contribution in [3.63, 3.8) is 0 Å². The van der Waals surface area contributed by atoms with Gasteiger partial charge in [-0.05, 0) is 74.9 Å². The summed E-state index contributed by atoms with van der Waals surface area (Å²) in [6, 6.07) is 8.29. The number of aromatic nitrogens is 2. The maximum atomic E-state index is 14.3. The van der Waals surface area contributed by atoms with Gasteiger partial charge in [0, 0.05) is 48.9 Å². The maximum absolute atomic E-state index is 14.3. The third kappa shape index (κ3) is 5.79. The monoisotopic (exact) mass is 578 g/mol. The van der Waals surface area contributed by atoms with Crippen molar-refractivity contribution in [3.8, 4) is 0 Å². The van der Waals surface area contributed by atoms with Crippen molar-refractivity contribution in [2.45, 2.75) is 63.3 Å². The van der Waals surface area contributed by atoms with Crippen molar-refractivity contribution in [1.29, 1.82) is 0 Å². The van der Waals surface area contributed by atoms with Gasteiger partial charge in [0.15, 0.2) is 7.11 Å². The fourth-order valence-electron chi connectivity index (χ4n) is 7.37. The highest BCUT2D eigenvalue weighted by Gasteiger charge is 2.41. The number of hydrogen-bond acceptors (Lipinski definition) is 6. The highest BCUT2D eigenvalue weighted by Crippen LogP contribution is 2.39. The molecule has 0 unspecified atom stereocenters. The molecule has 3 fully saturated rings. The molecule has 3 atom stereocenters. The van der Waals surface area contributed by atoms with E-state index in [0.717, 1.165) is 67.8 Å². The van der Waals surface area contributed by atoms with E-state index in [4.69, 9.17) is 4.84 Å². The van der Waals surface area contributed by atoms with E-state index in [1.165, 1.54) is 19.6 Å². The van der Waals surface area contributed by atoms with Crippen molar-refractivity contribution >= 4 is 17.3 Å². The number of aryl methyl sites for hydroxylation is 1. The van der Waals surface area contributed by atoms with Crippen LogP contribution < -0.4 is 0 Å². The minimum absolute atomic E-state index is 0.0953. The van der Waals surface area contributed by atoms with Crippen LogP contribution in [0, 0.1) is 29.5 Å². The number of rotatable bonds is 10. The molecular weight excluding hydrogens is 537 g/mol. The zero-order valence-corrected chi connectivity index (χ0v) is 24.5. The third-order valence-corrected chi connectivity index (χ3v) is 9.97. The topological polar surface area (TPSA) is 90.4 Å². The smallest absolute Gasteiger partial charge is 0.336 e. The van der Waals surface area contributed by atoms with Crippen LogP contribution in [0.2, 0.25) is 0 Å². The summed E-state index contributed by atoms with van der Waals surface area (Å²) in [5.41, 5.74) is 4.15. The standard InChI is InChI=1S/C32H40FN5O4/c1-21-13-31-34-16-29(37(31)20-30(21)38(41)42-2)23-9-11-35(12-10-23)17-25-18-36(28(32(39)40)14-22-5-3-6-22)19-27(25)24-7-4-8-26(33)15-24/h4,7-8,13,15-16,20,22-23,25,27-28H,3,5-6,9-12,14,17-19H2,1-2H3/p+1/t25-,27+,28+/m0/s1. The normalized spacial score (nSPS) is 23.2. The molecule has 9 nitrogen and oxygen atoms in total. The van der Waals surface area contributed by atoms with Gasteiger partial charge < -0.3 is 10.0 Å². The molecule has 2 aliphatic heterocycles. The van der Waals surface area contributed by atoms with E-state index in [1.54, 1.807) is 12.1 Å². The van der Waals surface area contributed by atoms with Crippen molar-refractivity contribution in [2.24, 2.45) is 11.8 Å². The summed E-state index contributed by atoms with van der Waals surface area (Å²) in [7, 11) is 1.36. The first-order chi connectivity index (χ1) is 20.3. The Hall–Kier alpha value is -3.37. The van der Waals surface area contributed by atoms with Crippen LogP contribution in [0.3, 0.4) is 0 Å². The van der Waals surface area contributed by atoms with E-state index in [9.17, 15) is 19.2 Å². The van der Waals surface area contributed by atoms with Crippen LogP contribution >= 0.6 is 0 Å². The summed E-state index contributed by atoms with van der Waals surface area (Å²) in [4.78, 5) is 39.2. The Bertz CT molecular complexity index is 1450. The number of imidazole rings is 1. The number of nitrogens with zero attached hydrogens (tertiary/aromatic N) is 5. The van der Waals surface area contributed by atoms with Crippen LogP contribution in [-0.2, 0) is 9.63 Å². The second-order valence-electron chi connectivity index (χ2n) is 12.5. The van der Waals surface area contributed by atoms with Gasteiger partial charge in [-0.15, -0.1) is 0 Å². The van der Waals surface area contributed by atoms with E-state index in [-0.39, 0.29) is 17.7 Å². The molecule has 10 heteroatoms. The van der Waals surface area contributed by atoms with Crippen molar-refractivity contribution in [2.75, 3.05) is 39.8 Å². The number of carboxylic acid groups (broad SMARTS) is 1. The summed E-state index contributed by atoms with van der Waals surface area (Å²) in [6.45, 7) is 5.93. The summed E-state index contributed by atoms with van der Waals surface area (Å²) in [6.07, 6.45) is 9.81. The molecule has 224 valence electrons. The molecule has 3 aromatic rings. The lowest BCUT2D eigenvalue weighted by Crippen LogP contribution is -2.43. The number of carbonyl (C=O) groups is 1. The number of likely N-dealkylation sites (tertiary alicyclic amines) is 2. The SMILES string of the molecule is CO[N+](=O)c1cn2c(C3CCN(C[C@H]4CN([C@H](CC5CCC5)C(=O)O)C[C@@H]4c4cccc(F)c4)CC3)cnc2cc1C. The molecule has 0 spiro atoms. The quantitative estimate of drug-likeness (QED) is 0.327. The molecule has 1 saturated carbocycles. The number of piperidine rings is 1. The Balaban J connectivity index is 1.16. The van der Waals surface area contributed by atoms with Crippen LogP contribution in [-0.4, -0.2) is 81.1 Å². The molecule has 4 heterocycles. The average Bonchev–Trinajstić information content (AvgIpc) is 3.55. The fourth-order valence-corrected chi connectivity index (χ4v) is 7.37. The molecule has 1 N–H and O–H groups in total. The average molecular weight is 579 g/mol. The Morgan fingerprint density at radius 3 is 2.64 bits per heavy atom. The van der Waals surface area contributed by atoms with Gasteiger partial charge in [0.25, 0.3) is 4.92 Å². The molecule has 0 amide bonds. The molecule has 0 bridgehead atoms. The molecule has 0 radical (unpaired) electrons. The molecule has 2 aromatic heterocycles. The molecule has 2 saturated heterocycles. The van der Waals surface area contributed by atoms with Gasteiger partial charge >= 0.3 is 11.7 Å². The van der Waals surface area contributed by atoms with Gasteiger partial charge in [-0.25, -0.2) is 14.2 Å². The van der Waals surface area contributed by atoms with Crippen LogP contribution in [0.4, 0.5) is 10.1 Å². The zero-order chi connectivity index (χ0) is 29.4. The fraction of sp³-hybridized carbons (Fsp3) is 0.562. The Kier molecular flexibility index (Phi) is 8.27. The number of carboxylic acids is 1. The van der Waals surface area contributed by atoms with Crippen LogP contribution in [0.1, 0.15) is 67.2 Å². The van der Waals surface area contributed by atoms with Crippen molar-refractivity contribution in [1.82, 2.24) is 19.2 Å². The first-order valence-electron chi connectivity index (χ1n) is 15.2. The van der Waals surface area contributed by atoms with Gasteiger partial charge in [-0.3, -0.25) is 14.1 Å². The van der Waals surface area contributed by atoms with E-state index < -0.39 is 12.0 Å². The Morgan fingerprint density at radius 1 is 1.19 bits per heavy atom. The van der Waals surface area contributed by atoms with Gasteiger partial charge in [0.05, 0.1) is 11.1 Å². The molecule has 6 rings (SSSR count). The van der Waals surface area contributed by atoms with Gasteiger partial charge in [0.1, 0.15) is 17.5 Å². The first-order valence-corrected chi connectivity index (χ1v) is 15.2. The zero-order valence-electron chi connectivity index (χ0n) is 24.5. The predicted molar refractivity (Wildman–Crippen MR) is 156 cm³/mol. The second kappa shape index (κ2) is 12.1. The largest absolute Gasteiger partial charge is 0.480 e. The van der Waals surface area contributed by atoms with Crippen LogP contribution in [0.5, 0.6) is 0 Å². The van der Waals surface area contributed by atoms with Crippen LogP contribution in [0.15, 0.2) is 42.7 Å². The molecule has 42 heavy (non-hydrogen) atoms. The van der Waals surface area contributed by atoms with E-state index in [0.29, 0.717) is 42.0 Å². The summed E-state index contributed by atoms with van der Waals surface area (Å²) < 4.78 is 16.3.